The van der Waals surface area contributed by atoms with E-state index < -0.39 is 0 Å². The lowest BCUT2D eigenvalue weighted by Crippen LogP contribution is -2.00. The molecule has 5 nitrogen and oxygen atoms in total. The van der Waals surface area contributed by atoms with E-state index in [2.05, 4.69) is 144 Å². The molecule has 0 saturated carbocycles. The molecule has 0 fully saturated rings. The first-order valence-corrected chi connectivity index (χ1v) is 19.1. The molecule has 0 spiro atoms. The molecule has 11 aromatic rings. The van der Waals surface area contributed by atoms with E-state index in [9.17, 15) is 0 Å². The van der Waals surface area contributed by atoms with Gasteiger partial charge in [-0.25, -0.2) is 19.9 Å². The summed E-state index contributed by atoms with van der Waals surface area (Å²) in [7, 11) is 0. The summed E-state index contributed by atoms with van der Waals surface area (Å²) in [6, 6.07) is 69.8. The SMILES string of the molecule is c1ccc(-c2nc(-c3ccccc3)nc(-c3ccc(-c4cccc5nc(-c6ccccc6)c6cc7c(cc6c45)c4ccccc4n7-c4ccccc4)cc3)n2)cc1. The number of benzene rings is 8. The second-order valence-electron chi connectivity index (χ2n) is 14.2. The fourth-order valence-corrected chi connectivity index (χ4v) is 8.16. The number of nitrogens with zero attached hydrogens (tertiary/aromatic N) is 5. The van der Waals surface area contributed by atoms with Gasteiger partial charge in [-0.15, -0.1) is 0 Å². The van der Waals surface area contributed by atoms with Gasteiger partial charge in [0.05, 0.1) is 22.2 Å². The molecule has 5 heteroatoms. The zero-order valence-electron chi connectivity index (χ0n) is 30.8. The van der Waals surface area contributed by atoms with Crippen molar-refractivity contribution in [1.82, 2.24) is 24.5 Å². The van der Waals surface area contributed by atoms with Gasteiger partial charge in [-0.1, -0.05) is 164 Å². The Labute approximate surface area is 329 Å². The van der Waals surface area contributed by atoms with E-state index in [1.54, 1.807) is 0 Å². The zero-order valence-corrected chi connectivity index (χ0v) is 30.8. The molecule has 0 saturated heterocycles. The summed E-state index contributed by atoms with van der Waals surface area (Å²) in [6.45, 7) is 0. The van der Waals surface area contributed by atoms with Crippen LogP contribution in [0.3, 0.4) is 0 Å². The smallest absolute Gasteiger partial charge is 0.164 e. The number of hydrogen-bond donors (Lipinski definition) is 0. The van der Waals surface area contributed by atoms with Crippen LogP contribution in [-0.4, -0.2) is 24.5 Å². The third-order valence-electron chi connectivity index (χ3n) is 10.8. The average molecular weight is 728 g/mol. The molecule has 0 aliphatic rings. The predicted molar refractivity (Wildman–Crippen MR) is 234 cm³/mol. The van der Waals surface area contributed by atoms with Crippen molar-refractivity contribution in [3.8, 4) is 62.2 Å². The van der Waals surface area contributed by atoms with Crippen LogP contribution in [0, 0.1) is 0 Å². The summed E-state index contributed by atoms with van der Waals surface area (Å²) < 4.78 is 2.38. The van der Waals surface area contributed by atoms with Gasteiger partial charge < -0.3 is 4.57 Å². The maximum Gasteiger partial charge on any atom is 0.164 e. The number of para-hydroxylation sites is 2. The molecule has 0 amide bonds. The summed E-state index contributed by atoms with van der Waals surface area (Å²) in [5, 5.41) is 5.82. The van der Waals surface area contributed by atoms with E-state index in [1.807, 2.05) is 60.7 Å². The molecule has 0 bridgehead atoms. The molecule has 3 aromatic heterocycles. The first-order valence-electron chi connectivity index (χ1n) is 19.1. The van der Waals surface area contributed by atoms with Crippen molar-refractivity contribution in [2.24, 2.45) is 0 Å². The van der Waals surface area contributed by atoms with Gasteiger partial charge in [0.2, 0.25) is 0 Å². The second kappa shape index (κ2) is 13.5. The summed E-state index contributed by atoms with van der Waals surface area (Å²) in [5.41, 5.74) is 11.5. The van der Waals surface area contributed by atoms with Crippen LogP contribution < -0.4 is 0 Å². The van der Waals surface area contributed by atoms with Gasteiger partial charge in [0.25, 0.3) is 0 Å². The molecule has 0 atom stereocenters. The molecule has 266 valence electrons. The van der Waals surface area contributed by atoms with E-state index in [0.717, 1.165) is 66.6 Å². The lowest BCUT2D eigenvalue weighted by molar-refractivity contribution is 1.07. The first kappa shape index (κ1) is 32.7. The Balaban J connectivity index is 1.12. The Kier molecular flexibility index (Phi) is 7.74. The molecule has 0 N–H and O–H groups in total. The summed E-state index contributed by atoms with van der Waals surface area (Å²) in [6.07, 6.45) is 0. The topological polar surface area (TPSA) is 56.5 Å². The molecule has 57 heavy (non-hydrogen) atoms. The standard InChI is InChI=1S/C52H33N5/c1-5-16-35(17-6-1)49-44-33-47-42(41-24-13-14-27-46(41)57(47)39-22-11-4-12-23-39)32-43(44)48-40(25-15-26-45(48)53-49)34-28-30-38(31-29-34)52-55-50(36-18-7-2-8-19-36)54-51(56-52)37-20-9-3-10-21-37/h1-33H. The Morgan fingerprint density at radius 1 is 0.316 bits per heavy atom. The van der Waals surface area contributed by atoms with Gasteiger partial charge in [-0.05, 0) is 52.9 Å². The molecule has 11 rings (SSSR count). The van der Waals surface area contributed by atoms with E-state index in [-0.39, 0.29) is 0 Å². The first-order chi connectivity index (χ1) is 28.3. The summed E-state index contributed by atoms with van der Waals surface area (Å²) >= 11 is 0. The Morgan fingerprint density at radius 2 is 0.842 bits per heavy atom. The lowest BCUT2D eigenvalue weighted by atomic mass is 9.92. The lowest BCUT2D eigenvalue weighted by Gasteiger charge is -2.15. The largest absolute Gasteiger partial charge is 0.309 e. The maximum absolute atomic E-state index is 5.43. The third-order valence-corrected chi connectivity index (χ3v) is 10.8. The fourth-order valence-electron chi connectivity index (χ4n) is 8.16. The van der Waals surface area contributed by atoms with E-state index >= 15 is 0 Å². The molecule has 0 unspecified atom stereocenters. The Bertz CT molecular complexity index is 3190. The molecule has 0 aliphatic heterocycles. The summed E-state index contributed by atoms with van der Waals surface area (Å²) in [4.78, 5) is 20.3. The van der Waals surface area contributed by atoms with E-state index in [0.29, 0.717) is 17.5 Å². The van der Waals surface area contributed by atoms with Gasteiger partial charge in [-0.2, -0.15) is 0 Å². The molecular formula is C52H33N5. The molecule has 0 radical (unpaired) electrons. The van der Waals surface area contributed by atoms with Gasteiger partial charge in [0.15, 0.2) is 17.5 Å². The maximum atomic E-state index is 5.43. The minimum Gasteiger partial charge on any atom is -0.309 e. The van der Waals surface area contributed by atoms with Gasteiger partial charge in [-0.3, -0.25) is 0 Å². The van der Waals surface area contributed by atoms with Crippen molar-refractivity contribution in [2.75, 3.05) is 0 Å². The zero-order chi connectivity index (χ0) is 37.7. The highest BCUT2D eigenvalue weighted by Gasteiger charge is 2.20. The van der Waals surface area contributed by atoms with Crippen molar-refractivity contribution >= 4 is 43.5 Å². The van der Waals surface area contributed by atoms with E-state index in [4.69, 9.17) is 19.9 Å². The van der Waals surface area contributed by atoms with Crippen molar-refractivity contribution < 1.29 is 0 Å². The van der Waals surface area contributed by atoms with Gasteiger partial charge >= 0.3 is 0 Å². The monoisotopic (exact) mass is 727 g/mol. The van der Waals surface area contributed by atoms with Crippen molar-refractivity contribution in [3.05, 3.63) is 200 Å². The van der Waals surface area contributed by atoms with Crippen LogP contribution in [0.15, 0.2) is 200 Å². The number of pyridine rings is 1. The minimum absolute atomic E-state index is 0.629. The average Bonchev–Trinajstić information content (AvgIpc) is 3.62. The summed E-state index contributed by atoms with van der Waals surface area (Å²) in [5.74, 6) is 1.91. The van der Waals surface area contributed by atoms with E-state index in [1.165, 1.54) is 21.7 Å². The van der Waals surface area contributed by atoms with Gasteiger partial charge in [0.1, 0.15) is 0 Å². The highest BCUT2D eigenvalue weighted by molar-refractivity contribution is 6.22. The number of fused-ring (bicyclic) bond motifs is 6. The molecular weight excluding hydrogens is 695 g/mol. The second-order valence-corrected chi connectivity index (χ2v) is 14.2. The quantitative estimate of drug-likeness (QED) is 0.160. The molecule has 0 aliphatic carbocycles. The van der Waals surface area contributed by atoms with Crippen LogP contribution in [0.5, 0.6) is 0 Å². The van der Waals surface area contributed by atoms with Crippen LogP contribution in [0.25, 0.3) is 106 Å². The van der Waals surface area contributed by atoms with Crippen molar-refractivity contribution in [1.29, 1.82) is 0 Å². The van der Waals surface area contributed by atoms with Crippen LogP contribution >= 0.6 is 0 Å². The third kappa shape index (κ3) is 5.64. The highest BCUT2D eigenvalue weighted by Crippen LogP contribution is 2.42. The van der Waals surface area contributed by atoms with Crippen molar-refractivity contribution in [2.45, 2.75) is 0 Å². The van der Waals surface area contributed by atoms with Crippen LogP contribution in [0.2, 0.25) is 0 Å². The fraction of sp³-hybridized carbons (Fsp3) is 0. The number of aromatic nitrogens is 5. The Hall–Kier alpha value is -7.76. The van der Waals surface area contributed by atoms with Crippen LogP contribution in [-0.2, 0) is 0 Å². The van der Waals surface area contributed by atoms with Crippen molar-refractivity contribution in [3.63, 3.8) is 0 Å². The minimum atomic E-state index is 0.629. The molecule has 3 heterocycles. The predicted octanol–water partition coefficient (Wildman–Crippen LogP) is 13.0. The highest BCUT2D eigenvalue weighted by atomic mass is 15.0. The Morgan fingerprint density at radius 3 is 1.47 bits per heavy atom. The number of hydrogen-bond acceptors (Lipinski definition) is 4. The van der Waals surface area contributed by atoms with Gasteiger partial charge in [0, 0.05) is 49.5 Å². The number of rotatable bonds is 6. The van der Waals surface area contributed by atoms with Crippen LogP contribution in [0.4, 0.5) is 0 Å². The van der Waals surface area contributed by atoms with Crippen LogP contribution in [0.1, 0.15) is 0 Å². The normalized spacial score (nSPS) is 11.5. The molecule has 8 aromatic carbocycles.